The summed E-state index contributed by atoms with van der Waals surface area (Å²) in [6, 6.07) is 5.18. The molecule has 10 heteroatoms. The molecule has 0 fully saturated rings. The minimum Gasteiger partial charge on any atom is -0.368 e. The van der Waals surface area contributed by atoms with Crippen LogP contribution >= 0.6 is 46.3 Å². The molecule has 0 spiro atoms. The maximum Gasteiger partial charge on any atom is 0.240 e. The van der Waals surface area contributed by atoms with Crippen molar-refractivity contribution < 1.29 is 4.79 Å². The van der Waals surface area contributed by atoms with Crippen molar-refractivity contribution in [2.24, 2.45) is 0 Å². The van der Waals surface area contributed by atoms with Crippen LogP contribution in [0.2, 0.25) is 10.0 Å². The number of anilines is 2. The molecule has 3 aromatic rings. The Morgan fingerprint density at radius 3 is 2.88 bits per heavy atom. The summed E-state index contributed by atoms with van der Waals surface area (Å²) in [5, 5.41) is 6.55. The number of nitrogen functional groups attached to an aromatic ring is 1. The minimum absolute atomic E-state index is 0.130. The van der Waals surface area contributed by atoms with Gasteiger partial charge in [0.05, 0.1) is 16.0 Å². The van der Waals surface area contributed by atoms with E-state index >= 15 is 0 Å². The smallest absolute Gasteiger partial charge is 0.240 e. The first-order valence-corrected chi connectivity index (χ1v) is 10.0. The predicted molar refractivity (Wildman–Crippen MR) is 106 cm³/mol. The molecule has 1 aliphatic rings. The lowest BCUT2D eigenvalue weighted by Crippen LogP contribution is -2.24. The van der Waals surface area contributed by atoms with Gasteiger partial charge in [0, 0.05) is 27.7 Å². The number of halogens is 2. The molecule has 3 heterocycles. The van der Waals surface area contributed by atoms with Crippen LogP contribution in [-0.4, -0.2) is 26.1 Å². The number of rotatable bonds is 3. The molecule has 3 N–H and O–H groups in total. The Balaban J connectivity index is 1.67. The number of aromatic nitrogens is 3. The van der Waals surface area contributed by atoms with Crippen LogP contribution in [0, 0.1) is 0 Å². The van der Waals surface area contributed by atoms with Gasteiger partial charge in [-0.1, -0.05) is 35.0 Å². The summed E-state index contributed by atoms with van der Waals surface area (Å²) in [6.45, 7) is 0. The zero-order chi connectivity index (χ0) is 18.3. The standard InChI is InChI=1S/C16H11Cl2N5OS2/c17-7-1-2-8(10(18)5-7)12-9-6-11(26-14(9)23-15(19)21-12)13(24)22-16-20-3-4-25-16/h1-5,11H,6H2,(H2,19,21,23)(H,20,22,24). The molecule has 1 aliphatic heterocycles. The third-order valence-electron chi connectivity index (χ3n) is 3.77. The Hall–Kier alpha value is -1.87. The van der Waals surface area contributed by atoms with E-state index in [0.29, 0.717) is 37.9 Å². The number of carbonyl (C=O) groups is 1. The molecule has 4 rings (SSSR count). The van der Waals surface area contributed by atoms with Gasteiger partial charge in [-0.3, -0.25) is 4.79 Å². The largest absolute Gasteiger partial charge is 0.368 e. The fourth-order valence-corrected chi connectivity index (χ4v) is 4.83. The molecular weight excluding hydrogens is 413 g/mol. The monoisotopic (exact) mass is 423 g/mol. The second-order valence-electron chi connectivity index (χ2n) is 5.48. The molecule has 0 bridgehead atoms. The van der Waals surface area contributed by atoms with Gasteiger partial charge >= 0.3 is 0 Å². The predicted octanol–water partition coefficient (Wildman–Crippen LogP) is 4.14. The maximum absolute atomic E-state index is 12.5. The number of nitrogens with two attached hydrogens (primary N) is 1. The number of amides is 1. The highest BCUT2D eigenvalue weighted by Gasteiger charge is 2.33. The summed E-state index contributed by atoms with van der Waals surface area (Å²) in [5.41, 5.74) is 8.06. The first-order chi connectivity index (χ1) is 12.5. The van der Waals surface area contributed by atoms with Gasteiger partial charge in [-0.05, 0) is 24.6 Å². The highest BCUT2D eigenvalue weighted by atomic mass is 35.5. The molecule has 1 atom stereocenters. The van der Waals surface area contributed by atoms with Gasteiger partial charge < -0.3 is 11.1 Å². The summed E-state index contributed by atoms with van der Waals surface area (Å²) in [7, 11) is 0. The van der Waals surface area contributed by atoms with E-state index in [1.807, 2.05) is 0 Å². The van der Waals surface area contributed by atoms with Gasteiger partial charge in [-0.2, -0.15) is 0 Å². The van der Waals surface area contributed by atoms with E-state index in [1.54, 1.807) is 29.8 Å². The first kappa shape index (κ1) is 17.5. The van der Waals surface area contributed by atoms with Gasteiger partial charge in [-0.15, -0.1) is 11.3 Å². The number of thiazole rings is 1. The fraction of sp³-hybridized carbons (Fsp3) is 0.125. The van der Waals surface area contributed by atoms with Gasteiger partial charge in [0.25, 0.3) is 0 Å². The van der Waals surface area contributed by atoms with Crippen molar-refractivity contribution in [2.45, 2.75) is 16.7 Å². The third-order valence-corrected chi connectivity index (χ3v) is 6.23. The Bertz CT molecular complexity index is 997. The molecule has 0 aliphatic carbocycles. The SMILES string of the molecule is Nc1nc2c(c(-c3ccc(Cl)cc3Cl)n1)CC(C(=O)Nc1nccs1)S2. The number of nitrogens with zero attached hydrogens (tertiary/aromatic N) is 3. The van der Waals surface area contributed by atoms with Crippen LogP contribution in [0.1, 0.15) is 5.56 Å². The van der Waals surface area contributed by atoms with Crippen LogP contribution in [0.5, 0.6) is 0 Å². The van der Waals surface area contributed by atoms with E-state index in [4.69, 9.17) is 28.9 Å². The molecule has 26 heavy (non-hydrogen) atoms. The van der Waals surface area contributed by atoms with Gasteiger partial charge in [0.15, 0.2) is 5.13 Å². The Labute approximate surface area is 167 Å². The molecule has 1 aromatic carbocycles. The summed E-state index contributed by atoms with van der Waals surface area (Å²) >= 11 is 15.0. The van der Waals surface area contributed by atoms with Crippen LogP contribution in [-0.2, 0) is 11.2 Å². The Morgan fingerprint density at radius 1 is 1.31 bits per heavy atom. The molecule has 0 radical (unpaired) electrons. The normalized spacial score (nSPS) is 15.7. The van der Waals surface area contributed by atoms with Crippen LogP contribution in [0.15, 0.2) is 34.8 Å². The molecule has 0 saturated carbocycles. The second kappa shape index (κ2) is 7.03. The number of thioether (sulfide) groups is 1. The number of hydrogen-bond acceptors (Lipinski definition) is 7. The average molecular weight is 424 g/mol. The lowest BCUT2D eigenvalue weighted by molar-refractivity contribution is -0.115. The van der Waals surface area contributed by atoms with E-state index in [2.05, 4.69) is 20.3 Å². The highest BCUT2D eigenvalue weighted by Crippen LogP contribution is 2.42. The van der Waals surface area contributed by atoms with Crippen molar-refractivity contribution in [1.29, 1.82) is 0 Å². The van der Waals surface area contributed by atoms with E-state index in [9.17, 15) is 4.79 Å². The summed E-state index contributed by atoms with van der Waals surface area (Å²) < 4.78 is 0. The molecular formula is C16H11Cl2N5OS2. The maximum atomic E-state index is 12.5. The minimum atomic E-state index is -0.338. The van der Waals surface area contributed by atoms with Gasteiger partial charge in [-0.25, -0.2) is 15.0 Å². The second-order valence-corrected chi connectivity index (χ2v) is 8.41. The van der Waals surface area contributed by atoms with E-state index < -0.39 is 0 Å². The van der Waals surface area contributed by atoms with Crippen molar-refractivity contribution in [3.05, 3.63) is 45.4 Å². The zero-order valence-corrected chi connectivity index (χ0v) is 16.2. The van der Waals surface area contributed by atoms with Crippen LogP contribution in [0.25, 0.3) is 11.3 Å². The lowest BCUT2D eigenvalue weighted by Gasteiger charge is -2.10. The molecule has 1 amide bonds. The summed E-state index contributed by atoms with van der Waals surface area (Å²) in [5.74, 6) is 0.00734. The van der Waals surface area contributed by atoms with Crippen molar-refractivity contribution in [3.8, 4) is 11.3 Å². The number of hydrogen-bond donors (Lipinski definition) is 2. The molecule has 132 valence electrons. The van der Waals surface area contributed by atoms with Crippen molar-refractivity contribution >= 4 is 63.3 Å². The lowest BCUT2D eigenvalue weighted by atomic mass is 10.0. The van der Waals surface area contributed by atoms with Crippen molar-refractivity contribution in [3.63, 3.8) is 0 Å². The van der Waals surface area contributed by atoms with Crippen LogP contribution < -0.4 is 11.1 Å². The number of nitrogens with one attached hydrogen (secondary N) is 1. The van der Waals surface area contributed by atoms with E-state index in [-0.39, 0.29) is 17.1 Å². The Morgan fingerprint density at radius 2 is 2.15 bits per heavy atom. The number of carbonyl (C=O) groups excluding carboxylic acids is 1. The quantitative estimate of drug-likeness (QED) is 0.614. The van der Waals surface area contributed by atoms with Crippen molar-refractivity contribution in [1.82, 2.24) is 15.0 Å². The molecule has 1 unspecified atom stereocenters. The Kier molecular flexibility index (Phi) is 4.74. The summed E-state index contributed by atoms with van der Waals surface area (Å²) in [6.07, 6.45) is 2.12. The van der Waals surface area contributed by atoms with Crippen molar-refractivity contribution in [2.75, 3.05) is 11.1 Å². The number of fused-ring (bicyclic) bond motifs is 1. The molecule has 6 nitrogen and oxygen atoms in total. The van der Waals surface area contributed by atoms with E-state index in [0.717, 1.165) is 5.56 Å². The average Bonchev–Trinajstić information content (AvgIpc) is 3.23. The topological polar surface area (TPSA) is 93.8 Å². The van der Waals surface area contributed by atoms with E-state index in [1.165, 1.54) is 23.1 Å². The number of benzene rings is 1. The highest BCUT2D eigenvalue weighted by molar-refractivity contribution is 8.00. The summed E-state index contributed by atoms with van der Waals surface area (Å²) in [4.78, 5) is 25.3. The zero-order valence-electron chi connectivity index (χ0n) is 13.1. The molecule has 2 aromatic heterocycles. The first-order valence-electron chi connectivity index (χ1n) is 7.50. The van der Waals surface area contributed by atoms with Crippen LogP contribution in [0.3, 0.4) is 0 Å². The van der Waals surface area contributed by atoms with Gasteiger partial charge in [0.2, 0.25) is 11.9 Å². The van der Waals surface area contributed by atoms with Gasteiger partial charge in [0.1, 0.15) is 5.03 Å². The fourth-order valence-electron chi connectivity index (χ4n) is 2.64. The molecule has 0 saturated heterocycles. The van der Waals surface area contributed by atoms with Crippen LogP contribution in [0.4, 0.5) is 11.1 Å². The third kappa shape index (κ3) is 3.37.